The third-order valence-corrected chi connectivity index (χ3v) is 5.03. The molecule has 2 aromatic carbocycles. The quantitative estimate of drug-likeness (QED) is 0.588. The summed E-state index contributed by atoms with van der Waals surface area (Å²) in [4.78, 5) is 0. The first kappa shape index (κ1) is 16.7. The van der Waals surface area contributed by atoms with Crippen LogP contribution in [0, 0.1) is 12.7 Å². The van der Waals surface area contributed by atoms with E-state index in [4.69, 9.17) is 0 Å². The highest BCUT2D eigenvalue weighted by atomic mass is 19.1. The molecular formula is C23H25F. The molecule has 0 unspecified atom stereocenters. The predicted octanol–water partition coefficient (Wildman–Crippen LogP) is 6.52. The highest BCUT2D eigenvalue weighted by Gasteiger charge is 2.13. The Balaban J connectivity index is 1.70. The number of hydrogen-bond donors (Lipinski definition) is 0. The monoisotopic (exact) mass is 320 g/mol. The van der Waals surface area contributed by atoms with Crippen LogP contribution in [0.3, 0.4) is 0 Å². The Kier molecular flexibility index (Phi) is 4.99. The van der Waals surface area contributed by atoms with E-state index in [0.29, 0.717) is 0 Å². The molecule has 0 radical (unpaired) electrons. The van der Waals surface area contributed by atoms with Crippen LogP contribution in [0.1, 0.15) is 53.5 Å². The molecule has 0 heterocycles. The standard InChI is InChI=1S/C23H25F/c1-16(19-9-6-10-22(24)14-19)11-12-17(2)23-15-21-8-5-4-7-20(21)13-18(23)3/h6,9-10,13-15H,1-2,4-5,7-8,11-12H2,3H3. The predicted molar refractivity (Wildman–Crippen MR) is 102 cm³/mol. The zero-order valence-corrected chi connectivity index (χ0v) is 14.5. The topological polar surface area (TPSA) is 0 Å². The molecule has 24 heavy (non-hydrogen) atoms. The van der Waals surface area contributed by atoms with Crippen molar-refractivity contribution in [3.05, 3.63) is 83.2 Å². The van der Waals surface area contributed by atoms with Gasteiger partial charge in [0.15, 0.2) is 0 Å². The van der Waals surface area contributed by atoms with Crippen LogP contribution < -0.4 is 0 Å². The smallest absolute Gasteiger partial charge is 0.123 e. The van der Waals surface area contributed by atoms with Crippen molar-refractivity contribution < 1.29 is 4.39 Å². The maximum absolute atomic E-state index is 13.3. The molecular weight excluding hydrogens is 295 g/mol. The second-order valence-electron chi connectivity index (χ2n) is 6.86. The Morgan fingerprint density at radius 3 is 2.33 bits per heavy atom. The van der Waals surface area contributed by atoms with E-state index in [-0.39, 0.29) is 5.82 Å². The fourth-order valence-corrected chi connectivity index (χ4v) is 3.58. The first-order valence-corrected chi connectivity index (χ1v) is 8.79. The molecule has 0 N–H and O–H groups in total. The van der Waals surface area contributed by atoms with Gasteiger partial charge >= 0.3 is 0 Å². The van der Waals surface area contributed by atoms with Crippen LogP contribution >= 0.6 is 0 Å². The van der Waals surface area contributed by atoms with Gasteiger partial charge in [0.2, 0.25) is 0 Å². The average molecular weight is 320 g/mol. The van der Waals surface area contributed by atoms with E-state index in [9.17, 15) is 4.39 Å². The van der Waals surface area contributed by atoms with Gasteiger partial charge in [0.1, 0.15) is 5.82 Å². The van der Waals surface area contributed by atoms with Crippen molar-refractivity contribution in [3.8, 4) is 0 Å². The Bertz CT molecular complexity index is 783. The van der Waals surface area contributed by atoms with Crippen LogP contribution in [0.4, 0.5) is 4.39 Å². The molecule has 0 atom stereocenters. The normalized spacial score (nSPS) is 13.4. The van der Waals surface area contributed by atoms with E-state index in [1.807, 2.05) is 6.07 Å². The lowest BCUT2D eigenvalue weighted by Crippen LogP contribution is -2.04. The summed E-state index contributed by atoms with van der Waals surface area (Å²) in [6.45, 7) is 10.6. The number of benzene rings is 2. The van der Waals surface area contributed by atoms with E-state index in [1.54, 1.807) is 12.1 Å². The minimum atomic E-state index is -0.210. The molecule has 1 heteroatoms. The third kappa shape index (κ3) is 3.67. The van der Waals surface area contributed by atoms with Gasteiger partial charge in [0.05, 0.1) is 0 Å². The largest absolute Gasteiger partial charge is 0.207 e. The molecule has 0 fully saturated rings. The van der Waals surface area contributed by atoms with Crippen molar-refractivity contribution in [3.63, 3.8) is 0 Å². The summed E-state index contributed by atoms with van der Waals surface area (Å²) >= 11 is 0. The molecule has 0 saturated carbocycles. The van der Waals surface area contributed by atoms with Crippen molar-refractivity contribution in [2.45, 2.75) is 45.4 Å². The molecule has 1 aliphatic carbocycles. The van der Waals surface area contributed by atoms with Gasteiger partial charge in [-0.05, 0) is 96.5 Å². The molecule has 0 nitrogen and oxygen atoms in total. The van der Waals surface area contributed by atoms with Crippen LogP contribution in [-0.4, -0.2) is 0 Å². The molecule has 0 amide bonds. The summed E-state index contributed by atoms with van der Waals surface area (Å²) in [5.74, 6) is -0.210. The first-order chi connectivity index (χ1) is 11.5. The van der Waals surface area contributed by atoms with Crippen LogP contribution in [-0.2, 0) is 12.8 Å². The van der Waals surface area contributed by atoms with Crippen molar-refractivity contribution >= 4 is 11.1 Å². The lowest BCUT2D eigenvalue weighted by molar-refractivity contribution is 0.627. The van der Waals surface area contributed by atoms with Gasteiger partial charge in [-0.2, -0.15) is 0 Å². The van der Waals surface area contributed by atoms with Gasteiger partial charge in [0, 0.05) is 0 Å². The van der Waals surface area contributed by atoms with Crippen molar-refractivity contribution in [1.82, 2.24) is 0 Å². The average Bonchev–Trinajstić information content (AvgIpc) is 2.58. The number of rotatable bonds is 5. The van der Waals surface area contributed by atoms with Gasteiger partial charge in [-0.1, -0.05) is 37.4 Å². The summed E-state index contributed by atoms with van der Waals surface area (Å²) < 4.78 is 13.3. The molecule has 0 spiro atoms. The molecule has 0 bridgehead atoms. The van der Waals surface area contributed by atoms with E-state index >= 15 is 0 Å². The van der Waals surface area contributed by atoms with E-state index < -0.39 is 0 Å². The third-order valence-electron chi connectivity index (χ3n) is 5.03. The van der Waals surface area contributed by atoms with Gasteiger partial charge < -0.3 is 0 Å². The lowest BCUT2D eigenvalue weighted by atomic mass is 9.86. The highest BCUT2D eigenvalue weighted by Crippen LogP contribution is 2.31. The fourth-order valence-electron chi connectivity index (χ4n) is 3.58. The molecule has 0 saturated heterocycles. The second kappa shape index (κ2) is 7.17. The van der Waals surface area contributed by atoms with Crippen LogP contribution in [0.2, 0.25) is 0 Å². The summed E-state index contributed by atoms with van der Waals surface area (Å²) in [6.07, 6.45) is 6.65. The molecule has 0 aromatic heterocycles. The summed E-state index contributed by atoms with van der Waals surface area (Å²) in [6, 6.07) is 11.4. The van der Waals surface area contributed by atoms with Gasteiger partial charge in [-0.25, -0.2) is 4.39 Å². The SMILES string of the molecule is C=C(CCC(=C)c1cc2c(cc1C)CCCC2)c1cccc(F)c1. The number of aryl methyl sites for hydroxylation is 3. The van der Waals surface area contributed by atoms with E-state index in [0.717, 1.165) is 29.6 Å². The molecule has 3 rings (SSSR count). The molecule has 1 aliphatic rings. The molecule has 2 aromatic rings. The number of allylic oxidation sites excluding steroid dienone is 2. The zero-order valence-electron chi connectivity index (χ0n) is 14.5. The minimum Gasteiger partial charge on any atom is -0.207 e. The van der Waals surface area contributed by atoms with Crippen LogP contribution in [0.15, 0.2) is 49.6 Å². The Morgan fingerprint density at radius 2 is 1.62 bits per heavy atom. The Hall–Kier alpha value is -2.15. The summed E-state index contributed by atoms with van der Waals surface area (Å²) in [5.41, 5.74) is 8.60. The second-order valence-corrected chi connectivity index (χ2v) is 6.86. The summed E-state index contributed by atoms with van der Waals surface area (Å²) in [7, 11) is 0. The fraction of sp³-hybridized carbons (Fsp3) is 0.304. The summed E-state index contributed by atoms with van der Waals surface area (Å²) in [5, 5.41) is 0. The van der Waals surface area contributed by atoms with Crippen molar-refractivity contribution in [2.24, 2.45) is 0 Å². The van der Waals surface area contributed by atoms with Crippen LogP contribution in [0.25, 0.3) is 11.1 Å². The first-order valence-electron chi connectivity index (χ1n) is 8.79. The van der Waals surface area contributed by atoms with Crippen LogP contribution in [0.5, 0.6) is 0 Å². The van der Waals surface area contributed by atoms with Gasteiger partial charge in [-0.15, -0.1) is 0 Å². The molecule has 0 aliphatic heterocycles. The van der Waals surface area contributed by atoms with Crippen molar-refractivity contribution in [2.75, 3.05) is 0 Å². The van der Waals surface area contributed by atoms with Gasteiger partial charge in [0.25, 0.3) is 0 Å². The maximum atomic E-state index is 13.3. The van der Waals surface area contributed by atoms with Gasteiger partial charge in [-0.3, -0.25) is 0 Å². The Morgan fingerprint density at radius 1 is 0.958 bits per heavy atom. The van der Waals surface area contributed by atoms with E-state index in [1.165, 1.54) is 54.0 Å². The maximum Gasteiger partial charge on any atom is 0.123 e. The Labute approximate surface area is 144 Å². The minimum absolute atomic E-state index is 0.210. The number of hydrogen-bond acceptors (Lipinski definition) is 0. The van der Waals surface area contributed by atoms with Crippen molar-refractivity contribution in [1.29, 1.82) is 0 Å². The lowest BCUT2D eigenvalue weighted by Gasteiger charge is -2.20. The zero-order chi connectivity index (χ0) is 17.1. The number of fused-ring (bicyclic) bond motifs is 1. The number of halogens is 1. The molecule has 124 valence electrons. The van der Waals surface area contributed by atoms with E-state index in [2.05, 4.69) is 32.2 Å². The highest BCUT2D eigenvalue weighted by molar-refractivity contribution is 5.71.